The van der Waals surface area contributed by atoms with Crippen LogP contribution in [0, 0.1) is 25.2 Å². The standard InChI is InChI=1S/C16H20N4/c1-11(2)18-9-14-5-6-16(15(7-14)8-17)20-10-19-12(3)13(20)4/h5-7,10-11,18H,9H2,1-4H3. The van der Waals surface area contributed by atoms with E-state index in [1.165, 1.54) is 0 Å². The molecule has 0 unspecified atom stereocenters. The Hall–Kier alpha value is -2.12. The van der Waals surface area contributed by atoms with Gasteiger partial charge in [0.15, 0.2) is 0 Å². The second kappa shape index (κ2) is 5.89. The van der Waals surface area contributed by atoms with E-state index in [-0.39, 0.29) is 0 Å². The molecule has 1 N–H and O–H groups in total. The zero-order chi connectivity index (χ0) is 14.7. The van der Waals surface area contributed by atoms with Crippen LogP contribution in [0.1, 0.15) is 36.4 Å². The van der Waals surface area contributed by atoms with Crippen molar-refractivity contribution in [3.63, 3.8) is 0 Å². The lowest BCUT2D eigenvalue weighted by molar-refractivity contribution is 0.589. The van der Waals surface area contributed by atoms with Crippen LogP contribution in [0.3, 0.4) is 0 Å². The van der Waals surface area contributed by atoms with Crippen LogP contribution in [0.2, 0.25) is 0 Å². The molecule has 4 nitrogen and oxygen atoms in total. The first-order valence-corrected chi connectivity index (χ1v) is 6.80. The lowest BCUT2D eigenvalue weighted by Crippen LogP contribution is -2.21. The van der Waals surface area contributed by atoms with Gasteiger partial charge in [0.2, 0.25) is 0 Å². The molecule has 0 aliphatic heterocycles. The highest BCUT2D eigenvalue weighted by atomic mass is 15.1. The summed E-state index contributed by atoms with van der Waals surface area (Å²) in [6.45, 7) is 8.97. The van der Waals surface area contributed by atoms with E-state index in [1.807, 2.05) is 30.5 Å². The van der Waals surface area contributed by atoms with Crippen molar-refractivity contribution in [3.05, 3.63) is 47.0 Å². The quantitative estimate of drug-likeness (QED) is 0.927. The van der Waals surface area contributed by atoms with Gasteiger partial charge in [0.1, 0.15) is 6.07 Å². The van der Waals surface area contributed by atoms with Crippen molar-refractivity contribution < 1.29 is 0 Å². The molecule has 1 heterocycles. The molecule has 0 bridgehead atoms. The van der Waals surface area contributed by atoms with Crippen molar-refractivity contribution in [1.82, 2.24) is 14.9 Å². The van der Waals surface area contributed by atoms with Crippen LogP contribution >= 0.6 is 0 Å². The Labute approximate surface area is 120 Å². The predicted molar refractivity (Wildman–Crippen MR) is 79.7 cm³/mol. The van der Waals surface area contributed by atoms with E-state index >= 15 is 0 Å². The molecule has 2 aromatic rings. The number of aryl methyl sites for hydroxylation is 1. The second-order valence-corrected chi connectivity index (χ2v) is 5.28. The predicted octanol–water partition coefficient (Wildman–Crippen LogP) is 2.86. The number of aromatic nitrogens is 2. The Morgan fingerprint density at radius 3 is 2.65 bits per heavy atom. The molecule has 0 aliphatic rings. The van der Waals surface area contributed by atoms with Crippen molar-refractivity contribution in [2.75, 3.05) is 0 Å². The van der Waals surface area contributed by atoms with E-state index in [4.69, 9.17) is 0 Å². The molecule has 104 valence electrons. The van der Waals surface area contributed by atoms with E-state index in [1.54, 1.807) is 6.33 Å². The number of nitrogens with one attached hydrogen (secondary N) is 1. The molecule has 0 saturated heterocycles. The van der Waals surface area contributed by atoms with E-state index in [9.17, 15) is 5.26 Å². The summed E-state index contributed by atoms with van der Waals surface area (Å²) in [4.78, 5) is 4.29. The Kier molecular flexibility index (Phi) is 4.21. The van der Waals surface area contributed by atoms with Crippen LogP contribution in [0.15, 0.2) is 24.5 Å². The zero-order valence-corrected chi connectivity index (χ0v) is 12.4. The molecule has 0 atom stereocenters. The van der Waals surface area contributed by atoms with Gasteiger partial charge in [-0.1, -0.05) is 19.9 Å². The first-order chi connectivity index (χ1) is 9.52. The van der Waals surface area contributed by atoms with Gasteiger partial charge in [0, 0.05) is 18.3 Å². The number of hydrogen-bond donors (Lipinski definition) is 1. The highest BCUT2D eigenvalue weighted by Gasteiger charge is 2.10. The molecule has 0 spiro atoms. The zero-order valence-electron chi connectivity index (χ0n) is 12.4. The summed E-state index contributed by atoms with van der Waals surface area (Å²) < 4.78 is 1.97. The van der Waals surface area contributed by atoms with Crippen LogP contribution in [0.5, 0.6) is 0 Å². The Bertz CT molecular complexity index is 647. The van der Waals surface area contributed by atoms with Gasteiger partial charge in [0.25, 0.3) is 0 Å². The fourth-order valence-corrected chi connectivity index (χ4v) is 2.06. The van der Waals surface area contributed by atoms with E-state index in [2.05, 4.69) is 36.3 Å². The first-order valence-electron chi connectivity index (χ1n) is 6.80. The number of nitriles is 1. The number of benzene rings is 1. The smallest absolute Gasteiger partial charge is 0.101 e. The van der Waals surface area contributed by atoms with Crippen molar-refractivity contribution in [3.8, 4) is 11.8 Å². The average Bonchev–Trinajstić information content (AvgIpc) is 2.76. The van der Waals surface area contributed by atoms with Crippen molar-refractivity contribution in [1.29, 1.82) is 5.26 Å². The van der Waals surface area contributed by atoms with Crippen LogP contribution in [-0.2, 0) is 6.54 Å². The summed E-state index contributed by atoms with van der Waals surface area (Å²) in [5, 5.41) is 12.7. The van der Waals surface area contributed by atoms with Gasteiger partial charge in [-0.25, -0.2) is 4.98 Å². The molecule has 1 aromatic carbocycles. The Morgan fingerprint density at radius 2 is 2.10 bits per heavy atom. The molecule has 1 aromatic heterocycles. The fraction of sp³-hybridized carbons (Fsp3) is 0.375. The van der Waals surface area contributed by atoms with E-state index < -0.39 is 0 Å². The highest BCUT2D eigenvalue weighted by Crippen LogP contribution is 2.19. The monoisotopic (exact) mass is 268 g/mol. The maximum atomic E-state index is 9.38. The van der Waals surface area contributed by atoms with Crippen LogP contribution in [0.25, 0.3) is 5.69 Å². The summed E-state index contributed by atoms with van der Waals surface area (Å²) >= 11 is 0. The molecule has 20 heavy (non-hydrogen) atoms. The lowest BCUT2D eigenvalue weighted by Gasteiger charge is -2.11. The minimum Gasteiger partial charge on any atom is -0.310 e. The normalized spacial score (nSPS) is 10.8. The summed E-state index contributed by atoms with van der Waals surface area (Å²) in [6, 6.07) is 8.70. The lowest BCUT2D eigenvalue weighted by atomic mass is 10.1. The second-order valence-electron chi connectivity index (χ2n) is 5.28. The molecule has 0 fully saturated rings. The molecule has 0 saturated carbocycles. The maximum absolute atomic E-state index is 9.38. The number of imidazole rings is 1. The fourth-order valence-electron chi connectivity index (χ4n) is 2.06. The molecule has 2 rings (SSSR count). The van der Waals surface area contributed by atoms with Crippen molar-refractivity contribution in [2.24, 2.45) is 0 Å². The summed E-state index contributed by atoms with van der Waals surface area (Å²) in [5.41, 5.74) is 4.73. The first kappa shape index (κ1) is 14.3. The third kappa shape index (κ3) is 2.89. The van der Waals surface area contributed by atoms with Gasteiger partial charge in [-0.05, 0) is 31.5 Å². The Morgan fingerprint density at radius 1 is 1.35 bits per heavy atom. The third-order valence-corrected chi connectivity index (χ3v) is 3.41. The number of nitrogens with zero attached hydrogens (tertiary/aromatic N) is 3. The van der Waals surface area contributed by atoms with Gasteiger partial charge in [-0.15, -0.1) is 0 Å². The molecule has 0 aliphatic carbocycles. The summed E-state index contributed by atoms with van der Waals surface area (Å²) in [6.07, 6.45) is 1.77. The van der Waals surface area contributed by atoms with Crippen LogP contribution in [-0.4, -0.2) is 15.6 Å². The Balaban J connectivity index is 2.36. The molecular weight excluding hydrogens is 248 g/mol. The molecule has 0 amide bonds. The number of rotatable bonds is 4. The summed E-state index contributed by atoms with van der Waals surface area (Å²) in [7, 11) is 0. The van der Waals surface area contributed by atoms with E-state index in [0.717, 1.165) is 29.2 Å². The molecule has 4 heteroatoms. The molecular formula is C16H20N4. The maximum Gasteiger partial charge on any atom is 0.101 e. The largest absolute Gasteiger partial charge is 0.310 e. The van der Waals surface area contributed by atoms with Crippen LogP contribution < -0.4 is 5.32 Å². The topological polar surface area (TPSA) is 53.6 Å². The van der Waals surface area contributed by atoms with Gasteiger partial charge < -0.3 is 9.88 Å². The van der Waals surface area contributed by atoms with Gasteiger partial charge in [0.05, 0.1) is 23.3 Å². The third-order valence-electron chi connectivity index (χ3n) is 3.41. The van der Waals surface area contributed by atoms with Gasteiger partial charge >= 0.3 is 0 Å². The van der Waals surface area contributed by atoms with Crippen LogP contribution in [0.4, 0.5) is 0 Å². The molecule has 0 radical (unpaired) electrons. The number of hydrogen-bond acceptors (Lipinski definition) is 3. The highest BCUT2D eigenvalue weighted by molar-refractivity contribution is 5.51. The summed E-state index contributed by atoms with van der Waals surface area (Å²) in [5.74, 6) is 0. The minimum absolute atomic E-state index is 0.429. The van der Waals surface area contributed by atoms with Crippen molar-refractivity contribution >= 4 is 0 Å². The van der Waals surface area contributed by atoms with E-state index in [0.29, 0.717) is 11.6 Å². The minimum atomic E-state index is 0.429. The van der Waals surface area contributed by atoms with Crippen molar-refractivity contribution in [2.45, 2.75) is 40.3 Å². The van der Waals surface area contributed by atoms with Gasteiger partial charge in [-0.3, -0.25) is 0 Å². The average molecular weight is 268 g/mol. The van der Waals surface area contributed by atoms with Gasteiger partial charge in [-0.2, -0.15) is 5.26 Å². The SMILES string of the molecule is Cc1ncn(-c2ccc(CNC(C)C)cc2C#N)c1C.